The number of aromatic amines is 1. The minimum atomic E-state index is -3.21. The van der Waals surface area contributed by atoms with E-state index >= 15 is 0 Å². The van der Waals surface area contributed by atoms with Gasteiger partial charge in [-0.2, -0.15) is 4.31 Å². The van der Waals surface area contributed by atoms with Crippen LogP contribution >= 0.6 is 0 Å². The first kappa shape index (κ1) is 23.2. The van der Waals surface area contributed by atoms with Gasteiger partial charge in [-0.25, -0.2) is 12.8 Å². The van der Waals surface area contributed by atoms with Gasteiger partial charge in [-0.05, 0) is 56.7 Å². The summed E-state index contributed by atoms with van der Waals surface area (Å²) in [6, 6.07) is 5.12. The number of halogens is 1. The number of carbonyl (C=O) groups is 1. The summed E-state index contributed by atoms with van der Waals surface area (Å²) in [6.07, 6.45) is 5.95. The Balaban J connectivity index is 1.39. The molecule has 1 aliphatic carbocycles. The zero-order valence-electron chi connectivity index (χ0n) is 19.0. The second kappa shape index (κ2) is 9.11. The third kappa shape index (κ3) is 4.70. The Labute approximate surface area is 189 Å². The molecule has 3 atom stereocenters. The van der Waals surface area contributed by atoms with Gasteiger partial charge in [-0.3, -0.25) is 9.69 Å². The van der Waals surface area contributed by atoms with Crippen molar-refractivity contribution in [3.63, 3.8) is 0 Å². The molecule has 7 nitrogen and oxygen atoms in total. The number of aryl methyl sites for hydroxylation is 1. The number of sulfonamides is 1. The summed E-state index contributed by atoms with van der Waals surface area (Å²) in [4.78, 5) is 18.3. The number of hydrogen-bond acceptors (Lipinski definition) is 4. The third-order valence-corrected chi connectivity index (χ3v) is 8.44. The van der Waals surface area contributed by atoms with Gasteiger partial charge in [0.05, 0.1) is 11.8 Å². The zero-order chi connectivity index (χ0) is 23.0. The molecule has 1 amide bonds. The highest BCUT2D eigenvalue weighted by Gasteiger charge is 2.36. The number of rotatable bonds is 6. The van der Waals surface area contributed by atoms with Crippen molar-refractivity contribution in [1.29, 1.82) is 0 Å². The van der Waals surface area contributed by atoms with Crippen LogP contribution in [0, 0.1) is 12.7 Å². The number of amides is 1. The molecule has 1 aliphatic heterocycles. The van der Waals surface area contributed by atoms with E-state index in [0.717, 1.165) is 50.8 Å². The molecule has 2 aromatic rings. The molecule has 2 heterocycles. The smallest absolute Gasteiger partial charge is 0.267 e. The summed E-state index contributed by atoms with van der Waals surface area (Å²) in [5.74, 6) is -0.545. The maximum Gasteiger partial charge on any atom is 0.267 e. The summed E-state index contributed by atoms with van der Waals surface area (Å²) >= 11 is 0. The van der Waals surface area contributed by atoms with Crippen molar-refractivity contribution in [2.45, 2.75) is 64.1 Å². The molecular formula is C23H33FN4O3S. The topological polar surface area (TPSA) is 85.5 Å². The third-order valence-electron chi connectivity index (χ3n) is 7.03. The van der Waals surface area contributed by atoms with Crippen LogP contribution in [0.4, 0.5) is 4.39 Å². The minimum Gasteiger partial charge on any atom is -0.350 e. The second-order valence-corrected chi connectivity index (χ2v) is 11.2. The van der Waals surface area contributed by atoms with Crippen LogP contribution in [0.2, 0.25) is 0 Å². The molecule has 2 aliphatic rings. The Kier molecular flexibility index (Phi) is 6.61. The van der Waals surface area contributed by atoms with Gasteiger partial charge < -0.3 is 10.3 Å². The van der Waals surface area contributed by atoms with E-state index in [-0.39, 0.29) is 23.8 Å². The summed E-state index contributed by atoms with van der Waals surface area (Å²) < 4.78 is 39.9. The average molecular weight is 465 g/mol. The quantitative estimate of drug-likeness (QED) is 0.688. The van der Waals surface area contributed by atoms with E-state index < -0.39 is 10.0 Å². The molecule has 32 heavy (non-hydrogen) atoms. The van der Waals surface area contributed by atoms with E-state index in [9.17, 15) is 17.6 Å². The predicted octanol–water partition coefficient (Wildman–Crippen LogP) is 3.01. The van der Waals surface area contributed by atoms with Crippen LogP contribution in [0.1, 0.15) is 55.1 Å². The molecule has 1 saturated heterocycles. The van der Waals surface area contributed by atoms with Crippen molar-refractivity contribution < 1.29 is 17.6 Å². The number of aromatic nitrogens is 1. The Morgan fingerprint density at radius 2 is 2.09 bits per heavy atom. The maximum absolute atomic E-state index is 14.1. The van der Waals surface area contributed by atoms with Gasteiger partial charge in [0.1, 0.15) is 11.5 Å². The monoisotopic (exact) mass is 464 g/mol. The van der Waals surface area contributed by atoms with Crippen molar-refractivity contribution in [2.24, 2.45) is 0 Å². The van der Waals surface area contributed by atoms with Crippen LogP contribution in [0.5, 0.6) is 0 Å². The highest BCUT2D eigenvalue weighted by atomic mass is 32.2. The van der Waals surface area contributed by atoms with Gasteiger partial charge in [0, 0.05) is 43.1 Å². The zero-order valence-corrected chi connectivity index (χ0v) is 19.8. The van der Waals surface area contributed by atoms with E-state index in [4.69, 9.17) is 0 Å². The Morgan fingerprint density at radius 3 is 2.78 bits per heavy atom. The first-order chi connectivity index (χ1) is 15.2. The van der Waals surface area contributed by atoms with Crippen LogP contribution in [-0.2, 0) is 10.0 Å². The number of carbonyl (C=O) groups excluding carboxylic acids is 1. The molecule has 0 spiro atoms. The molecular weight excluding hydrogens is 431 g/mol. The van der Waals surface area contributed by atoms with Gasteiger partial charge in [-0.15, -0.1) is 0 Å². The second-order valence-electron chi connectivity index (χ2n) is 9.23. The van der Waals surface area contributed by atoms with E-state index in [0.29, 0.717) is 29.2 Å². The molecule has 2 fully saturated rings. The molecule has 1 aromatic carbocycles. The number of nitrogens with one attached hydrogen (secondary N) is 2. The van der Waals surface area contributed by atoms with Crippen LogP contribution in [0.25, 0.3) is 10.9 Å². The summed E-state index contributed by atoms with van der Waals surface area (Å²) in [7, 11) is -3.21. The number of fused-ring (bicyclic) bond motifs is 1. The van der Waals surface area contributed by atoms with Gasteiger partial charge in [-0.1, -0.05) is 13.0 Å². The summed E-state index contributed by atoms with van der Waals surface area (Å²) in [5, 5.41) is 3.57. The molecule has 0 radical (unpaired) electrons. The molecule has 9 heteroatoms. The number of likely N-dealkylation sites (N-methyl/N-ethyl adjacent to an activating group) is 1. The Hall–Kier alpha value is -1.97. The molecule has 1 aromatic heterocycles. The summed E-state index contributed by atoms with van der Waals surface area (Å²) in [6.45, 7) is 5.88. The lowest BCUT2D eigenvalue weighted by Crippen LogP contribution is -2.47. The number of nitrogens with zero attached hydrogens (tertiary/aromatic N) is 2. The number of likely N-dealkylation sites (tertiary alicyclic amines) is 1. The number of H-pyrrole nitrogens is 1. The molecule has 176 valence electrons. The first-order valence-electron chi connectivity index (χ1n) is 11.5. The van der Waals surface area contributed by atoms with Crippen LogP contribution in [0.15, 0.2) is 18.2 Å². The van der Waals surface area contributed by atoms with Crippen LogP contribution in [0.3, 0.4) is 0 Å². The normalized spacial score (nSPS) is 25.0. The lowest BCUT2D eigenvalue weighted by molar-refractivity contribution is 0.0897. The van der Waals surface area contributed by atoms with Crippen LogP contribution in [-0.4, -0.2) is 72.5 Å². The largest absolute Gasteiger partial charge is 0.350 e. The maximum atomic E-state index is 14.1. The van der Waals surface area contributed by atoms with Crippen molar-refractivity contribution in [2.75, 3.05) is 25.9 Å². The van der Waals surface area contributed by atoms with E-state index in [1.54, 1.807) is 16.4 Å². The van der Waals surface area contributed by atoms with Gasteiger partial charge >= 0.3 is 0 Å². The van der Waals surface area contributed by atoms with Crippen molar-refractivity contribution in [3.8, 4) is 0 Å². The first-order valence-corrected chi connectivity index (χ1v) is 13.3. The highest BCUT2D eigenvalue weighted by molar-refractivity contribution is 7.88. The van der Waals surface area contributed by atoms with Gasteiger partial charge in [0.25, 0.3) is 5.91 Å². The highest BCUT2D eigenvalue weighted by Crippen LogP contribution is 2.29. The van der Waals surface area contributed by atoms with Gasteiger partial charge in [0.15, 0.2) is 0 Å². The fourth-order valence-corrected chi connectivity index (χ4v) is 6.62. The molecule has 0 unspecified atom stereocenters. The lowest BCUT2D eigenvalue weighted by atomic mass is 9.90. The standard InChI is InChI=1S/C23H33FN4O3S/c1-4-28(32(3,30)31)18-10-11-27(14-18)17-7-5-6-16(12-17)25-23(29)21-13-19-20(24)9-8-15(2)22(19)26-21/h8-9,13,16-18,26H,4-7,10-12,14H2,1-3H3,(H,25,29)/t16-,17+,18+/m1/s1. The SMILES string of the molecule is CCN([C@H]1CCN([C@H]2CCC[C@@H](NC(=O)c3cc4c(F)ccc(C)c4[nH]3)C2)C1)S(C)(=O)=O. The van der Waals surface area contributed by atoms with Gasteiger partial charge in [0.2, 0.25) is 10.0 Å². The molecule has 1 saturated carbocycles. The predicted molar refractivity (Wildman–Crippen MR) is 124 cm³/mol. The van der Waals surface area contributed by atoms with Crippen molar-refractivity contribution >= 4 is 26.8 Å². The lowest BCUT2D eigenvalue weighted by Gasteiger charge is -2.36. The average Bonchev–Trinajstić information content (AvgIpc) is 3.39. The van der Waals surface area contributed by atoms with Crippen LogP contribution < -0.4 is 5.32 Å². The van der Waals surface area contributed by atoms with E-state index in [2.05, 4.69) is 15.2 Å². The molecule has 4 rings (SSSR count). The Bertz CT molecular complexity index is 1060. The fraction of sp³-hybridized carbons (Fsp3) is 0.609. The van der Waals surface area contributed by atoms with E-state index in [1.807, 2.05) is 13.8 Å². The molecule has 0 bridgehead atoms. The summed E-state index contributed by atoms with van der Waals surface area (Å²) in [5.41, 5.74) is 1.94. The van der Waals surface area contributed by atoms with Crippen molar-refractivity contribution in [1.82, 2.24) is 19.5 Å². The number of hydrogen-bond donors (Lipinski definition) is 2. The molecule has 2 N–H and O–H groups in total. The van der Waals surface area contributed by atoms with E-state index in [1.165, 1.54) is 12.3 Å². The van der Waals surface area contributed by atoms with Crippen molar-refractivity contribution in [3.05, 3.63) is 35.3 Å². The minimum absolute atomic E-state index is 0.0226. The fourth-order valence-electron chi connectivity index (χ4n) is 5.44. The number of benzene rings is 1. The Morgan fingerprint density at radius 1 is 1.31 bits per heavy atom.